The number of rotatable bonds is 11. The highest BCUT2D eigenvalue weighted by atomic mass is 32.2. The Hall–Kier alpha value is -1.56. The number of hydrogen-bond acceptors (Lipinski definition) is 6. The van der Waals surface area contributed by atoms with Gasteiger partial charge < -0.3 is 10.4 Å². The second-order valence-corrected chi connectivity index (χ2v) is 13.5. The van der Waals surface area contributed by atoms with Gasteiger partial charge in [0, 0.05) is 0 Å². The summed E-state index contributed by atoms with van der Waals surface area (Å²) in [5.41, 5.74) is 0. The van der Waals surface area contributed by atoms with Gasteiger partial charge in [0.25, 0.3) is 0 Å². The number of halogens is 1. The van der Waals surface area contributed by atoms with Crippen LogP contribution >= 0.6 is 0 Å². The Morgan fingerprint density at radius 2 is 1.76 bits per heavy atom. The smallest absolute Gasteiger partial charge is 0.239 e. The van der Waals surface area contributed by atoms with Crippen LogP contribution in [0.5, 0.6) is 0 Å². The zero-order valence-corrected chi connectivity index (χ0v) is 21.8. The van der Waals surface area contributed by atoms with E-state index in [4.69, 9.17) is 0 Å². The van der Waals surface area contributed by atoms with Gasteiger partial charge in [0.05, 0.1) is 29.0 Å². The second-order valence-electron chi connectivity index (χ2n) is 9.66. The number of sulfonamides is 1. The summed E-state index contributed by atoms with van der Waals surface area (Å²) in [5.74, 6) is -0.964. The zero-order chi connectivity index (χ0) is 25.7. The van der Waals surface area contributed by atoms with Crippen LogP contribution in [0.3, 0.4) is 0 Å². The summed E-state index contributed by atoms with van der Waals surface area (Å²) >= 11 is 0. The van der Waals surface area contributed by atoms with Gasteiger partial charge in [-0.2, -0.15) is 0 Å². The molecule has 194 valence electrons. The molecule has 1 aromatic carbocycles. The molecule has 1 unspecified atom stereocenters. The van der Waals surface area contributed by atoms with Crippen LogP contribution in [0.1, 0.15) is 52.9 Å². The molecule has 34 heavy (non-hydrogen) atoms. The van der Waals surface area contributed by atoms with Crippen molar-refractivity contribution < 1.29 is 31.1 Å². The van der Waals surface area contributed by atoms with Gasteiger partial charge in [0.2, 0.25) is 15.9 Å². The van der Waals surface area contributed by atoms with Crippen LogP contribution in [0, 0.1) is 23.6 Å². The van der Waals surface area contributed by atoms with E-state index in [1.54, 1.807) is 6.92 Å². The minimum atomic E-state index is -4.11. The van der Waals surface area contributed by atoms with E-state index in [1.165, 1.54) is 0 Å². The van der Waals surface area contributed by atoms with E-state index in [0.29, 0.717) is 30.6 Å². The second kappa shape index (κ2) is 11.9. The van der Waals surface area contributed by atoms with Crippen molar-refractivity contribution in [3.63, 3.8) is 0 Å². The van der Waals surface area contributed by atoms with Crippen molar-refractivity contribution >= 4 is 25.8 Å². The SMILES string of the molecule is CC[C@H](NC(=O)[C@@H](CS(=O)(=O)c1ccc(F)cc1)NS(C)(=O)=O)[C@H](O)CC1C[C@@H](C)CC[C@H]1C. The van der Waals surface area contributed by atoms with Crippen molar-refractivity contribution in [1.29, 1.82) is 0 Å². The first-order chi connectivity index (χ1) is 15.7. The lowest BCUT2D eigenvalue weighted by molar-refractivity contribution is -0.124. The fourth-order valence-corrected chi connectivity index (χ4v) is 6.82. The van der Waals surface area contributed by atoms with Crippen LogP contribution < -0.4 is 10.0 Å². The Morgan fingerprint density at radius 3 is 2.32 bits per heavy atom. The molecule has 2 rings (SSSR count). The first kappa shape index (κ1) is 28.7. The van der Waals surface area contributed by atoms with E-state index in [-0.39, 0.29) is 4.90 Å². The Kier molecular flexibility index (Phi) is 10.1. The molecule has 1 aliphatic rings. The summed E-state index contributed by atoms with van der Waals surface area (Å²) in [4.78, 5) is 12.8. The zero-order valence-electron chi connectivity index (χ0n) is 20.2. The van der Waals surface area contributed by atoms with Crippen LogP contribution in [0.25, 0.3) is 0 Å². The first-order valence-electron chi connectivity index (χ1n) is 11.7. The van der Waals surface area contributed by atoms with Gasteiger partial charge in [0.15, 0.2) is 9.84 Å². The van der Waals surface area contributed by atoms with Gasteiger partial charge in [-0.1, -0.05) is 33.6 Å². The van der Waals surface area contributed by atoms with E-state index in [1.807, 2.05) is 0 Å². The summed E-state index contributed by atoms with van der Waals surface area (Å²) < 4.78 is 64.5. The van der Waals surface area contributed by atoms with Crippen LogP contribution in [-0.2, 0) is 24.7 Å². The largest absolute Gasteiger partial charge is 0.391 e. The average molecular weight is 521 g/mol. The fraction of sp³-hybridized carbons (Fsp3) is 0.696. The van der Waals surface area contributed by atoms with Crippen LogP contribution in [0.4, 0.5) is 4.39 Å². The minimum Gasteiger partial charge on any atom is -0.391 e. The number of nitrogens with one attached hydrogen (secondary N) is 2. The quantitative estimate of drug-likeness (QED) is 0.384. The van der Waals surface area contributed by atoms with E-state index in [2.05, 4.69) is 23.9 Å². The molecule has 8 nitrogen and oxygen atoms in total. The molecule has 6 atom stereocenters. The van der Waals surface area contributed by atoms with Gasteiger partial charge in [-0.3, -0.25) is 4.79 Å². The number of hydrogen-bond donors (Lipinski definition) is 3. The normalized spacial score (nSPS) is 24.2. The Labute approximate surface area is 202 Å². The predicted octanol–water partition coefficient (Wildman–Crippen LogP) is 2.24. The Balaban J connectivity index is 2.15. The topological polar surface area (TPSA) is 130 Å². The third-order valence-corrected chi connectivity index (χ3v) is 9.11. The summed E-state index contributed by atoms with van der Waals surface area (Å²) in [6.07, 6.45) is 4.11. The molecule has 0 bridgehead atoms. The molecule has 0 heterocycles. The number of sulfone groups is 1. The van der Waals surface area contributed by atoms with Crippen molar-refractivity contribution in [2.45, 2.75) is 76.0 Å². The maximum absolute atomic E-state index is 13.2. The maximum atomic E-state index is 13.2. The van der Waals surface area contributed by atoms with Crippen molar-refractivity contribution in [1.82, 2.24) is 10.0 Å². The molecule has 1 fully saturated rings. The summed E-state index contributed by atoms with van der Waals surface area (Å²) in [6, 6.07) is 1.80. The summed E-state index contributed by atoms with van der Waals surface area (Å²) in [5, 5.41) is 13.5. The molecular weight excluding hydrogens is 483 g/mol. The van der Waals surface area contributed by atoms with E-state index < -0.39 is 55.5 Å². The van der Waals surface area contributed by atoms with Gasteiger partial charge in [-0.25, -0.2) is 25.9 Å². The summed E-state index contributed by atoms with van der Waals surface area (Å²) in [7, 11) is -8.04. The lowest BCUT2D eigenvalue weighted by atomic mass is 9.73. The highest BCUT2D eigenvalue weighted by Gasteiger charge is 2.34. The lowest BCUT2D eigenvalue weighted by Gasteiger charge is -2.36. The van der Waals surface area contributed by atoms with Crippen molar-refractivity contribution in [3.8, 4) is 0 Å². The molecule has 1 aliphatic carbocycles. The molecule has 1 aromatic rings. The fourth-order valence-electron chi connectivity index (χ4n) is 4.59. The molecule has 11 heteroatoms. The Bertz CT molecular complexity index is 1030. The first-order valence-corrected chi connectivity index (χ1v) is 15.2. The number of carbonyl (C=O) groups is 1. The third-order valence-electron chi connectivity index (χ3n) is 6.63. The van der Waals surface area contributed by atoms with Crippen molar-refractivity contribution in [2.75, 3.05) is 12.0 Å². The summed E-state index contributed by atoms with van der Waals surface area (Å²) in [6.45, 7) is 6.14. The van der Waals surface area contributed by atoms with Gasteiger partial charge in [-0.15, -0.1) is 0 Å². The molecule has 0 radical (unpaired) electrons. The Morgan fingerprint density at radius 1 is 1.15 bits per heavy atom. The van der Waals surface area contributed by atoms with Crippen LogP contribution in [0.2, 0.25) is 0 Å². The number of carbonyl (C=O) groups excluding carboxylic acids is 1. The van der Waals surface area contributed by atoms with E-state index in [0.717, 1.165) is 49.8 Å². The maximum Gasteiger partial charge on any atom is 0.239 e. The third kappa shape index (κ3) is 8.58. The van der Waals surface area contributed by atoms with Crippen molar-refractivity contribution in [2.24, 2.45) is 17.8 Å². The predicted molar refractivity (Wildman–Crippen MR) is 129 cm³/mol. The van der Waals surface area contributed by atoms with E-state index >= 15 is 0 Å². The van der Waals surface area contributed by atoms with E-state index in [9.17, 15) is 31.1 Å². The van der Waals surface area contributed by atoms with Crippen LogP contribution in [0.15, 0.2) is 29.2 Å². The average Bonchev–Trinajstić information content (AvgIpc) is 2.73. The molecule has 0 spiro atoms. The molecule has 1 amide bonds. The standard InChI is InChI=1S/C23H37FN2O6S2/c1-5-20(22(27)13-17-12-15(2)6-7-16(17)3)25-23(28)21(26-33(4,29)30)14-34(31,32)19-10-8-18(24)9-11-19/h8-11,15-17,20-22,26-27H,5-7,12-14H2,1-4H3,(H,25,28)/t15-,16+,17?,20-,21+,22+/m0/s1. The minimum absolute atomic E-state index is 0.227. The van der Waals surface area contributed by atoms with Crippen LogP contribution in [-0.4, -0.2) is 58.0 Å². The molecule has 0 saturated heterocycles. The molecular formula is C23H37FN2O6S2. The number of benzene rings is 1. The highest BCUT2D eigenvalue weighted by Crippen LogP contribution is 2.36. The number of amides is 1. The van der Waals surface area contributed by atoms with Gasteiger partial charge in [0.1, 0.15) is 11.9 Å². The molecule has 0 aliphatic heterocycles. The molecule has 3 N–H and O–H groups in total. The highest BCUT2D eigenvalue weighted by molar-refractivity contribution is 7.91. The van der Waals surface area contributed by atoms with Gasteiger partial charge >= 0.3 is 0 Å². The number of aliphatic hydroxyl groups is 1. The number of aliphatic hydroxyl groups excluding tert-OH is 1. The molecule has 1 saturated carbocycles. The monoisotopic (exact) mass is 520 g/mol. The molecule has 0 aromatic heterocycles. The van der Waals surface area contributed by atoms with Gasteiger partial charge in [-0.05, 0) is 61.3 Å². The van der Waals surface area contributed by atoms with Crippen molar-refractivity contribution in [3.05, 3.63) is 30.1 Å². The lowest BCUT2D eigenvalue weighted by Crippen LogP contribution is -2.54.